The quantitative estimate of drug-likeness (QED) is 0.666. The Morgan fingerprint density at radius 2 is 1.80 bits per heavy atom. The van der Waals surface area contributed by atoms with Gasteiger partial charge >= 0.3 is 12.0 Å². The molecule has 1 heterocycles. The molecule has 2 aromatic rings. The van der Waals surface area contributed by atoms with Crippen LogP contribution in [0.5, 0.6) is 5.75 Å². The molecule has 0 saturated carbocycles. The number of rotatable bonds is 7. The Morgan fingerprint density at radius 3 is 2.43 bits per heavy atom. The van der Waals surface area contributed by atoms with Crippen LogP contribution < -0.4 is 15.4 Å². The van der Waals surface area contributed by atoms with Gasteiger partial charge in [0, 0.05) is 5.70 Å². The fourth-order valence-corrected chi connectivity index (χ4v) is 3.42. The number of esters is 1. The molecule has 1 aliphatic rings. The molecule has 0 bridgehead atoms. The van der Waals surface area contributed by atoms with E-state index in [9.17, 15) is 9.59 Å². The zero-order chi connectivity index (χ0) is 21.7. The van der Waals surface area contributed by atoms with Crippen LogP contribution in [-0.4, -0.2) is 18.6 Å². The number of ether oxygens (including phenoxy) is 2. The van der Waals surface area contributed by atoms with Gasteiger partial charge in [-0.1, -0.05) is 50.2 Å². The van der Waals surface area contributed by atoms with E-state index < -0.39 is 12.0 Å². The summed E-state index contributed by atoms with van der Waals surface area (Å²) in [6.07, 6.45) is 0. The summed E-state index contributed by atoms with van der Waals surface area (Å²) in [5.74, 6) is 0.251. The molecular formula is C24H28N2O4. The van der Waals surface area contributed by atoms with Crippen molar-refractivity contribution in [2.24, 2.45) is 5.92 Å². The maximum atomic E-state index is 12.7. The third kappa shape index (κ3) is 4.82. The Hall–Kier alpha value is -3.28. The van der Waals surface area contributed by atoms with Gasteiger partial charge in [-0.05, 0) is 48.6 Å². The van der Waals surface area contributed by atoms with Crippen molar-refractivity contribution >= 4 is 12.0 Å². The zero-order valence-corrected chi connectivity index (χ0v) is 17.8. The van der Waals surface area contributed by atoms with Gasteiger partial charge in [0.1, 0.15) is 12.4 Å². The smallest absolute Gasteiger partial charge is 0.338 e. The lowest BCUT2D eigenvalue weighted by Gasteiger charge is -2.31. The number of aryl methyl sites for hydroxylation is 1. The third-order valence-corrected chi connectivity index (χ3v) is 5.04. The van der Waals surface area contributed by atoms with Crippen LogP contribution in [-0.2, 0) is 16.1 Å². The van der Waals surface area contributed by atoms with Gasteiger partial charge in [-0.15, -0.1) is 0 Å². The first-order valence-corrected chi connectivity index (χ1v) is 10.2. The second kappa shape index (κ2) is 9.48. The molecule has 2 aromatic carbocycles. The van der Waals surface area contributed by atoms with Gasteiger partial charge in [-0.25, -0.2) is 9.59 Å². The van der Waals surface area contributed by atoms with Crippen LogP contribution >= 0.6 is 0 Å². The van der Waals surface area contributed by atoms with Crippen molar-refractivity contribution in [3.05, 3.63) is 76.5 Å². The average Bonchev–Trinajstić information content (AvgIpc) is 2.73. The summed E-state index contributed by atoms with van der Waals surface area (Å²) in [6, 6.07) is 14.6. The van der Waals surface area contributed by atoms with Crippen LogP contribution in [0.1, 0.15) is 43.5 Å². The molecule has 0 aliphatic carbocycles. The number of nitrogens with one attached hydrogen (secondary N) is 2. The number of hydrogen-bond acceptors (Lipinski definition) is 4. The van der Waals surface area contributed by atoms with E-state index in [-0.39, 0.29) is 18.6 Å². The lowest BCUT2D eigenvalue weighted by Crippen LogP contribution is -2.47. The Labute approximate surface area is 177 Å². The summed E-state index contributed by atoms with van der Waals surface area (Å²) in [5.41, 5.74) is 4.11. The predicted molar refractivity (Wildman–Crippen MR) is 115 cm³/mol. The molecule has 1 unspecified atom stereocenters. The highest BCUT2D eigenvalue weighted by molar-refractivity contribution is 5.95. The molecule has 0 saturated heterocycles. The largest absolute Gasteiger partial charge is 0.489 e. The fourth-order valence-electron chi connectivity index (χ4n) is 3.42. The van der Waals surface area contributed by atoms with Gasteiger partial charge in [0.15, 0.2) is 0 Å². The Morgan fingerprint density at radius 1 is 1.10 bits per heavy atom. The highest BCUT2D eigenvalue weighted by atomic mass is 16.5. The van der Waals surface area contributed by atoms with E-state index in [1.165, 1.54) is 5.56 Å². The summed E-state index contributed by atoms with van der Waals surface area (Å²) in [6.45, 7) is 8.41. The first kappa shape index (κ1) is 21.4. The molecule has 3 rings (SSSR count). The van der Waals surface area contributed by atoms with E-state index in [1.54, 1.807) is 6.92 Å². The maximum absolute atomic E-state index is 12.7. The molecule has 1 atom stereocenters. The molecule has 6 nitrogen and oxygen atoms in total. The number of benzene rings is 2. The summed E-state index contributed by atoms with van der Waals surface area (Å²) in [4.78, 5) is 24.9. The van der Waals surface area contributed by atoms with Crippen LogP contribution in [0.15, 0.2) is 59.8 Å². The number of amides is 2. The topological polar surface area (TPSA) is 76.7 Å². The van der Waals surface area contributed by atoms with Crippen LogP contribution in [0, 0.1) is 12.8 Å². The van der Waals surface area contributed by atoms with Gasteiger partial charge in [0.25, 0.3) is 0 Å². The minimum atomic E-state index is -0.583. The predicted octanol–water partition coefficient (Wildman–Crippen LogP) is 4.40. The SMILES string of the molecule is CCOC(=O)C1=C(C(C)C)NC(=O)NC1c1ccc(OCc2ccccc2C)cc1. The van der Waals surface area contributed by atoms with Crippen LogP contribution in [0.3, 0.4) is 0 Å². The summed E-state index contributed by atoms with van der Waals surface area (Å²) in [7, 11) is 0. The minimum absolute atomic E-state index is 0.0327. The number of urea groups is 1. The highest BCUT2D eigenvalue weighted by Gasteiger charge is 2.34. The van der Waals surface area contributed by atoms with Crippen molar-refractivity contribution in [2.45, 2.75) is 40.3 Å². The summed E-state index contributed by atoms with van der Waals surface area (Å²) in [5, 5.41) is 5.61. The number of carbonyl (C=O) groups excluding carboxylic acids is 2. The van der Waals surface area contributed by atoms with Gasteiger partial charge in [0.2, 0.25) is 0 Å². The lowest BCUT2D eigenvalue weighted by molar-refractivity contribution is -0.139. The minimum Gasteiger partial charge on any atom is -0.489 e. The first-order valence-electron chi connectivity index (χ1n) is 10.2. The Bertz CT molecular complexity index is 948. The average molecular weight is 408 g/mol. The Balaban J connectivity index is 1.84. The van der Waals surface area contributed by atoms with Crippen LogP contribution in [0.4, 0.5) is 4.79 Å². The van der Waals surface area contributed by atoms with Crippen molar-refractivity contribution in [1.82, 2.24) is 10.6 Å². The number of allylic oxidation sites excluding steroid dienone is 1. The molecule has 0 spiro atoms. The van der Waals surface area contributed by atoms with E-state index in [0.29, 0.717) is 23.6 Å². The molecule has 0 aromatic heterocycles. The van der Waals surface area contributed by atoms with Crippen LogP contribution in [0.25, 0.3) is 0 Å². The lowest BCUT2D eigenvalue weighted by atomic mass is 9.91. The summed E-state index contributed by atoms with van der Waals surface area (Å²) < 4.78 is 11.2. The maximum Gasteiger partial charge on any atom is 0.338 e. The van der Waals surface area contributed by atoms with Gasteiger partial charge in [-0.3, -0.25) is 0 Å². The van der Waals surface area contributed by atoms with Gasteiger partial charge in [-0.2, -0.15) is 0 Å². The standard InChI is InChI=1S/C24H28N2O4/c1-5-29-23(27)20-21(15(2)3)25-24(28)26-22(20)17-10-12-19(13-11-17)30-14-18-9-7-6-8-16(18)4/h6-13,15,22H,5,14H2,1-4H3,(H2,25,26,28). The van der Waals surface area contributed by atoms with Crippen LogP contribution in [0.2, 0.25) is 0 Å². The molecular weight excluding hydrogens is 380 g/mol. The second-order valence-electron chi connectivity index (χ2n) is 7.52. The molecule has 2 amide bonds. The van der Waals surface area contributed by atoms with Crippen molar-refractivity contribution in [3.8, 4) is 5.75 Å². The van der Waals surface area contributed by atoms with E-state index in [1.807, 2.05) is 56.3 Å². The normalized spacial score (nSPS) is 16.2. The van der Waals surface area contributed by atoms with E-state index >= 15 is 0 Å². The number of hydrogen-bond donors (Lipinski definition) is 2. The molecule has 2 N–H and O–H groups in total. The van der Waals surface area contributed by atoms with E-state index in [2.05, 4.69) is 23.6 Å². The third-order valence-electron chi connectivity index (χ3n) is 5.04. The molecule has 0 fully saturated rings. The first-order chi connectivity index (χ1) is 14.4. The highest BCUT2D eigenvalue weighted by Crippen LogP contribution is 2.31. The molecule has 0 radical (unpaired) electrons. The molecule has 158 valence electrons. The zero-order valence-electron chi connectivity index (χ0n) is 17.8. The Kier molecular flexibility index (Phi) is 6.77. The monoisotopic (exact) mass is 408 g/mol. The van der Waals surface area contributed by atoms with E-state index in [4.69, 9.17) is 9.47 Å². The van der Waals surface area contributed by atoms with E-state index in [0.717, 1.165) is 11.1 Å². The molecule has 1 aliphatic heterocycles. The summed E-state index contributed by atoms with van der Waals surface area (Å²) >= 11 is 0. The van der Waals surface area contributed by atoms with Crippen molar-refractivity contribution < 1.29 is 19.1 Å². The van der Waals surface area contributed by atoms with Crippen molar-refractivity contribution in [1.29, 1.82) is 0 Å². The van der Waals surface area contributed by atoms with Crippen molar-refractivity contribution in [3.63, 3.8) is 0 Å². The number of carbonyl (C=O) groups is 2. The molecule has 30 heavy (non-hydrogen) atoms. The second-order valence-corrected chi connectivity index (χ2v) is 7.52. The molecule has 6 heteroatoms. The van der Waals surface area contributed by atoms with Gasteiger partial charge in [0.05, 0.1) is 18.2 Å². The van der Waals surface area contributed by atoms with Gasteiger partial charge < -0.3 is 20.1 Å². The fraction of sp³-hybridized carbons (Fsp3) is 0.333. The van der Waals surface area contributed by atoms with Crippen molar-refractivity contribution in [2.75, 3.05) is 6.61 Å².